The van der Waals surface area contributed by atoms with Gasteiger partial charge in [-0.25, -0.2) is 0 Å². The Hall–Kier alpha value is -1.81. The molecule has 1 atom stereocenters. The second kappa shape index (κ2) is 6.00. The molecule has 4 nitrogen and oxygen atoms in total. The Bertz CT molecular complexity index is 715. The fourth-order valence-electron chi connectivity index (χ4n) is 3.43. The maximum Gasteiger partial charge on any atom is 0.253 e. The van der Waals surface area contributed by atoms with Crippen LogP contribution in [0.1, 0.15) is 56.9 Å². The molecule has 0 radical (unpaired) electrons. The summed E-state index contributed by atoms with van der Waals surface area (Å²) in [6.07, 6.45) is 3.70. The van der Waals surface area contributed by atoms with Crippen molar-refractivity contribution in [3.05, 3.63) is 36.0 Å². The summed E-state index contributed by atoms with van der Waals surface area (Å²) in [7, 11) is 0. The summed E-state index contributed by atoms with van der Waals surface area (Å²) in [5.41, 5.74) is 1.71. The Morgan fingerprint density at radius 2 is 2.09 bits per heavy atom. The number of carbonyl (C=O) groups is 1. The van der Waals surface area contributed by atoms with E-state index >= 15 is 0 Å². The molecule has 0 aliphatic carbocycles. The first-order valence-corrected chi connectivity index (χ1v) is 8.42. The predicted molar refractivity (Wildman–Crippen MR) is 92.8 cm³/mol. The largest absolute Gasteiger partial charge is 0.375 e. The zero-order valence-electron chi connectivity index (χ0n) is 14.4. The van der Waals surface area contributed by atoms with Crippen LogP contribution in [0.2, 0.25) is 0 Å². The zero-order chi connectivity index (χ0) is 16.6. The Morgan fingerprint density at radius 1 is 1.35 bits per heavy atom. The lowest BCUT2D eigenvalue weighted by atomic mass is 9.94. The Balaban J connectivity index is 1.87. The highest BCUT2D eigenvalue weighted by atomic mass is 16.5. The fraction of sp³-hybridized carbons (Fsp3) is 0.526. The molecule has 1 aliphatic heterocycles. The van der Waals surface area contributed by atoms with Gasteiger partial charge in [-0.2, -0.15) is 0 Å². The van der Waals surface area contributed by atoms with Crippen molar-refractivity contribution in [1.29, 1.82) is 0 Å². The molecule has 1 amide bonds. The van der Waals surface area contributed by atoms with E-state index in [4.69, 9.17) is 4.74 Å². The number of benzene rings is 1. The van der Waals surface area contributed by atoms with Crippen LogP contribution in [0, 0.1) is 0 Å². The molecule has 1 aliphatic rings. The average Bonchev–Trinajstić information content (AvgIpc) is 2.86. The number of amides is 1. The van der Waals surface area contributed by atoms with Crippen LogP contribution in [0.15, 0.2) is 30.5 Å². The number of hydrogen-bond donors (Lipinski definition) is 1. The number of nitrogens with one attached hydrogen (secondary N) is 1. The number of fused-ring (bicyclic) bond motifs is 1. The summed E-state index contributed by atoms with van der Waals surface area (Å²) < 4.78 is 7.90. The van der Waals surface area contributed by atoms with Gasteiger partial charge in [0.25, 0.3) is 5.91 Å². The van der Waals surface area contributed by atoms with Gasteiger partial charge in [0, 0.05) is 35.8 Å². The van der Waals surface area contributed by atoms with Crippen molar-refractivity contribution in [2.75, 3.05) is 6.61 Å². The van der Waals surface area contributed by atoms with E-state index in [1.165, 1.54) is 0 Å². The third kappa shape index (κ3) is 3.27. The van der Waals surface area contributed by atoms with Gasteiger partial charge in [0.2, 0.25) is 0 Å². The molecule has 124 valence electrons. The minimum Gasteiger partial charge on any atom is -0.375 e. The number of ether oxygens (including phenoxy) is 1. The minimum absolute atomic E-state index is 0.0169. The number of para-hydroxylation sites is 1. The van der Waals surface area contributed by atoms with Gasteiger partial charge >= 0.3 is 0 Å². The summed E-state index contributed by atoms with van der Waals surface area (Å²) in [4.78, 5) is 12.8. The van der Waals surface area contributed by atoms with Crippen LogP contribution < -0.4 is 5.32 Å². The van der Waals surface area contributed by atoms with Gasteiger partial charge in [-0.3, -0.25) is 4.79 Å². The maximum atomic E-state index is 12.8. The summed E-state index contributed by atoms with van der Waals surface area (Å²) in [5.74, 6) is 0.0169. The van der Waals surface area contributed by atoms with Gasteiger partial charge in [-0.1, -0.05) is 18.2 Å². The third-order valence-corrected chi connectivity index (χ3v) is 4.57. The first kappa shape index (κ1) is 16.1. The Kier molecular flexibility index (Phi) is 4.19. The normalized spacial score (nSPS) is 20.8. The number of carbonyl (C=O) groups excluding carboxylic acids is 1. The van der Waals surface area contributed by atoms with Gasteiger partial charge in [0.05, 0.1) is 11.2 Å². The van der Waals surface area contributed by atoms with Crippen LogP contribution in [-0.2, 0) is 4.74 Å². The fourth-order valence-corrected chi connectivity index (χ4v) is 3.43. The molecule has 2 aromatic rings. The molecular weight excluding hydrogens is 288 g/mol. The molecule has 1 fully saturated rings. The summed E-state index contributed by atoms with van der Waals surface area (Å²) in [6.45, 7) is 9.13. The van der Waals surface area contributed by atoms with Crippen LogP contribution >= 0.6 is 0 Å². The van der Waals surface area contributed by atoms with E-state index in [0.717, 1.165) is 29.3 Å². The molecule has 0 bridgehead atoms. The van der Waals surface area contributed by atoms with Crippen LogP contribution in [0.25, 0.3) is 10.9 Å². The van der Waals surface area contributed by atoms with E-state index in [1.54, 1.807) is 0 Å². The van der Waals surface area contributed by atoms with Crippen molar-refractivity contribution in [3.63, 3.8) is 0 Å². The standard InChI is InChI=1S/C19H26N2O2/c1-13(2)21-12-16(15-7-5-6-8-17(15)21)18(22)20-14-9-10-23-19(3,4)11-14/h5-8,12-14H,9-11H2,1-4H3,(H,20,22)/t14-/m0/s1. The predicted octanol–water partition coefficient (Wildman–Crippen LogP) is 3.91. The Morgan fingerprint density at radius 3 is 2.78 bits per heavy atom. The van der Waals surface area contributed by atoms with Crippen LogP contribution in [0.5, 0.6) is 0 Å². The molecule has 4 heteroatoms. The second-order valence-electron chi connectivity index (χ2n) is 7.33. The van der Waals surface area contributed by atoms with Crippen molar-refractivity contribution >= 4 is 16.8 Å². The first-order chi connectivity index (χ1) is 10.9. The lowest BCUT2D eigenvalue weighted by Gasteiger charge is -2.35. The number of aromatic nitrogens is 1. The minimum atomic E-state index is -0.165. The summed E-state index contributed by atoms with van der Waals surface area (Å²) >= 11 is 0. The maximum absolute atomic E-state index is 12.8. The van der Waals surface area contributed by atoms with E-state index in [9.17, 15) is 4.79 Å². The molecule has 1 N–H and O–H groups in total. The lowest BCUT2D eigenvalue weighted by molar-refractivity contribution is -0.0615. The smallest absolute Gasteiger partial charge is 0.253 e. The molecule has 2 heterocycles. The SMILES string of the molecule is CC(C)n1cc(C(=O)N[C@H]2CCOC(C)(C)C2)c2ccccc21. The quantitative estimate of drug-likeness (QED) is 0.933. The second-order valence-corrected chi connectivity index (χ2v) is 7.33. The van der Waals surface area contributed by atoms with Crippen molar-refractivity contribution in [2.24, 2.45) is 0 Å². The molecule has 0 spiro atoms. The van der Waals surface area contributed by atoms with Crippen molar-refractivity contribution in [3.8, 4) is 0 Å². The van der Waals surface area contributed by atoms with E-state index < -0.39 is 0 Å². The van der Waals surface area contributed by atoms with Gasteiger partial charge in [0.1, 0.15) is 0 Å². The van der Waals surface area contributed by atoms with Crippen LogP contribution in [-0.4, -0.2) is 28.7 Å². The molecule has 1 saturated heterocycles. The molecule has 23 heavy (non-hydrogen) atoms. The third-order valence-electron chi connectivity index (χ3n) is 4.57. The van der Waals surface area contributed by atoms with Crippen LogP contribution in [0.4, 0.5) is 0 Å². The lowest BCUT2D eigenvalue weighted by Crippen LogP contribution is -2.45. The molecule has 3 rings (SSSR count). The van der Waals surface area contributed by atoms with Crippen LogP contribution in [0.3, 0.4) is 0 Å². The molecule has 1 aromatic heterocycles. The molecule has 0 unspecified atom stereocenters. The van der Waals surface area contributed by atoms with E-state index in [1.807, 2.05) is 24.4 Å². The van der Waals surface area contributed by atoms with Gasteiger partial charge in [-0.15, -0.1) is 0 Å². The van der Waals surface area contributed by atoms with Gasteiger partial charge in [0.15, 0.2) is 0 Å². The highest BCUT2D eigenvalue weighted by Crippen LogP contribution is 2.27. The molecule has 0 saturated carbocycles. The highest BCUT2D eigenvalue weighted by molar-refractivity contribution is 6.07. The average molecular weight is 314 g/mol. The van der Waals surface area contributed by atoms with E-state index in [-0.39, 0.29) is 17.6 Å². The molecular formula is C19H26N2O2. The summed E-state index contributed by atoms with van der Waals surface area (Å²) in [5, 5.41) is 4.22. The van der Waals surface area contributed by atoms with Crippen molar-refractivity contribution in [1.82, 2.24) is 9.88 Å². The zero-order valence-corrected chi connectivity index (χ0v) is 14.4. The monoisotopic (exact) mass is 314 g/mol. The van der Waals surface area contributed by atoms with Gasteiger partial charge in [-0.05, 0) is 46.6 Å². The number of rotatable bonds is 3. The number of hydrogen-bond acceptors (Lipinski definition) is 2. The van der Waals surface area contributed by atoms with Crippen molar-refractivity contribution < 1.29 is 9.53 Å². The molecule has 1 aromatic carbocycles. The van der Waals surface area contributed by atoms with E-state index in [0.29, 0.717) is 12.6 Å². The first-order valence-electron chi connectivity index (χ1n) is 8.42. The van der Waals surface area contributed by atoms with Crippen molar-refractivity contribution in [2.45, 2.75) is 58.2 Å². The van der Waals surface area contributed by atoms with Gasteiger partial charge < -0.3 is 14.6 Å². The Labute approximate surface area is 137 Å². The topological polar surface area (TPSA) is 43.3 Å². The van der Waals surface area contributed by atoms with E-state index in [2.05, 4.69) is 43.6 Å². The number of nitrogens with zero attached hydrogens (tertiary/aromatic N) is 1. The highest BCUT2D eigenvalue weighted by Gasteiger charge is 2.30. The summed E-state index contributed by atoms with van der Waals surface area (Å²) in [6, 6.07) is 8.60.